The van der Waals surface area contributed by atoms with Gasteiger partial charge >= 0.3 is 0 Å². The van der Waals surface area contributed by atoms with Crippen LogP contribution in [-0.2, 0) is 9.47 Å². The van der Waals surface area contributed by atoms with Crippen LogP contribution in [0.15, 0.2) is 29.2 Å². The van der Waals surface area contributed by atoms with Gasteiger partial charge in [0.2, 0.25) is 0 Å². The van der Waals surface area contributed by atoms with E-state index in [9.17, 15) is 9.90 Å². The highest BCUT2D eigenvalue weighted by Gasteiger charge is 2.05. The van der Waals surface area contributed by atoms with Gasteiger partial charge in [-0.05, 0) is 12.1 Å². The number of hydrogen-bond donors (Lipinski definition) is 1. The predicted molar refractivity (Wildman–Crippen MR) is 71.3 cm³/mol. The van der Waals surface area contributed by atoms with E-state index in [1.165, 1.54) is 11.8 Å². The van der Waals surface area contributed by atoms with Crippen LogP contribution < -0.4 is 0 Å². The average Bonchev–Trinajstić information content (AvgIpc) is 2.42. The molecule has 5 heteroatoms. The third kappa shape index (κ3) is 6.16. The molecular formula is C13H18O4S. The second kappa shape index (κ2) is 9.10. The third-order valence-electron chi connectivity index (χ3n) is 2.20. The quantitative estimate of drug-likeness (QED) is 0.420. The molecule has 0 aliphatic rings. The Balaban J connectivity index is 2.20. The SMILES string of the molecule is COCCOCC(O)CSc1ccc(C=O)cc1. The van der Waals surface area contributed by atoms with Crippen molar-refractivity contribution in [2.24, 2.45) is 0 Å². The molecule has 0 saturated carbocycles. The fourth-order valence-corrected chi connectivity index (χ4v) is 2.05. The van der Waals surface area contributed by atoms with Crippen molar-refractivity contribution in [2.75, 3.05) is 32.7 Å². The Morgan fingerprint density at radius 2 is 2.06 bits per heavy atom. The van der Waals surface area contributed by atoms with E-state index in [0.29, 0.717) is 31.1 Å². The number of carbonyl (C=O) groups excluding carboxylic acids is 1. The van der Waals surface area contributed by atoms with E-state index in [2.05, 4.69) is 0 Å². The third-order valence-corrected chi connectivity index (χ3v) is 3.36. The summed E-state index contributed by atoms with van der Waals surface area (Å²) in [7, 11) is 1.61. The van der Waals surface area contributed by atoms with Crippen LogP contribution in [0.2, 0.25) is 0 Å². The first-order valence-electron chi connectivity index (χ1n) is 5.69. The van der Waals surface area contributed by atoms with Crippen LogP contribution in [0.3, 0.4) is 0 Å². The number of aliphatic hydroxyl groups is 1. The van der Waals surface area contributed by atoms with Crippen LogP contribution in [0.5, 0.6) is 0 Å². The van der Waals surface area contributed by atoms with Gasteiger partial charge in [0.15, 0.2) is 0 Å². The van der Waals surface area contributed by atoms with Crippen molar-refractivity contribution in [2.45, 2.75) is 11.0 Å². The topological polar surface area (TPSA) is 55.8 Å². The van der Waals surface area contributed by atoms with E-state index in [-0.39, 0.29) is 0 Å². The molecule has 0 aliphatic carbocycles. The molecule has 1 N–H and O–H groups in total. The van der Waals surface area contributed by atoms with Crippen LogP contribution in [0.4, 0.5) is 0 Å². The lowest BCUT2D eigenvalue weighted by Crippen LogP contribution is -2.19. The second-order valence-corrected chi connectivity index (χ2v) is 4.81. The maximum absolute atomic E-state index is 10.5. The van der Waals surface area contributed by atoms with Crippen LogP contribution >= 0.6 is 11.8 Å². The number of aldehydes is 1. The molecule has 0 radical (unpaired) electrons. The summed E-state index contributed by atoms with van der Waals surface area (Å²) >= 11 is 1.53. The summed E-state index contributed by atoms with van der Waals surface area (Å²) in [5.41, 5.74) is 0.655. The number of hydrogen-bond acceptors (Lipinski definition) is 5. The van der Waals surface area contributed by atoms with Crippen LogP contribution in [0, 0.1) is 0 Å². The molecule has 0 bridgehead atoms. The van der Waals surface area contributed by atoms with E-state index in [1.54, 1.807) is 19.2 Å². The highest BCUT2D eigenvalue weighted by atomic mass is 32.2. The summed E-state index contributed by atoms with van der Waals surface area (Å²) in [6.45, 7) is 1.34. The molecule has 18 heavy (non-hydrogen) atoms. The molecule has 100 valence electrons. The number of thioether (sulfide) groups is 1. The van der Waals surface area contributed by atoms with Gasteiger partial charge in [-0.25, -0.2) is 0 Å². The van der Waals surface area contributed by atoms with E-state index in [4.69, 9.17) is 9.47 Å². The lowest BCUT2D eigenvalue weighted by atomic mass is 10.2. The number of benzene rings is 1. The first-order valence-corrected chi connectivity index (χ1v) is 6.67. The molecule has 1 rings (SSSR count). The van der Waals surface area contributed by atoms with Gasteiger partial charge < -0.3 is 14.6 Å². The molecular weight excluding hydrogens is 252 g/mol. The van der Waals surface area contributed by atoms with Crippen LogP contribution in [0.1, 0.15) is 10.4 Å². The zero-order chi connectivity index (χ0) is 13.2. The number of carbonyl (C=O) groups is 1. The van der Waals surface area contributed by atoms with E-state index in [1.807, 2.05) is 12.1 Å². The first-order chi connectivity index (χ1) is 8.76. The number of ether oxygens (including phenoxy) is 2. The first kappa shape index (κ1) is 15.2. The fourth-order valence-electron chi connectivity index (χ4n) is 1.24. The van der Waals surface area contributed by atoms with Crippen LogP contribution in [-0.4, -0.2) is 50.2 Å². The van der Waals surface area contributed by atoms with E-state index >= 15 is 0 Å². The molecule has 1 atom stereocenters. The van der Waals surface area contributed by atoms with Crippen molar-refractivity contribution < 1.29 is 19.4 Å². The molecule has 0 amide bonds. The van der Waals surface area contributed by atoms with Crippen molar-refractivity contribution in [1.82, 2.24) is 0 Å². The molecule has 0 aromatic heterocycles. The number of methoxy groups -OCH3 is 1. The number of rotatable bonds is 9. The van der Waals surface area contributed by atoms with Gasteiger partial charge in [-0.3, -0.25) is 4.79 Å². The summed E-state index contributed by atoms with van der Waals surface area (Å²) in [6.07, 6.45) is 0.310. The summed E-state index contributed by atoms with van der Waals surface area (Å²) in [4.78, 5) is 11.5. The highest BCUT2D eigenvalue weighted by Crippen LogP contribution is 2.18. The predicted octanol–water partition coefficient (Wildman–Crippen LogP) is 1.62. The molecule has 0 spiro atoms. The number of aliphatic hydroxyl groups excluding tert-OH is 1. The van der Waals surface area contributed by atoms with Gasteiger partial charge in [-0.15, -0.1) is 11.8 Å². The monoisotopic (exact) mass is 270 g/mol. The van der Waals surface area contributed by atoms with Gasteiger partial charge in [0, 0.05) is 23.3 Å². The second-order valence-electron chi connectivity index (χ2n) is 3.72. The van der Waals surface area contributed by atoms with E-state index < -0.39 is 6.10 Å². The van der Waals surface area contributed by atoms with Crippen molar-refractivity contribution in [1.29, 1.82) is 0 Å². The molecule has 1 aromatic carbocycles. The lowest BCUT2D eigenvalue weighted by molar-refractivity contribution is 0.0218. The Morgan fingerprint density at radius 1 is 1.33 bits per heavy atom. The Hall–Kier alpha value is -0.880. The molecule has 0 saturated heterocycles. The molecule has 0 heterocycles. The average molecular weight is 270 g/mol. The minimum absolute atomic E-state index is 0.308. The Bertz CT molecular complexity index is 339. The molecule has 1 aromatic rings. The maximum atomic E-state index is 10.5. The van der Waals surface area contributed by atoms with Crippen LogP contribution in [0.25, 0.3) is 0 Å². The van der Waals surface area contributed by atoms with Crippen molar-refractivity contribution >= 4 is 18.0 Å². The highest BCUT2D eigenvalue weighted by molar-refractivity contribution is 7.99. The molecule has 1 unspecified atom stereocenters. The van der Waals surface area contributed by atoms with E-state index in [0.717, 1.165) is 11.2 Å². The molecule has 4 nitrogen and oxygen atoms in total. The minimum Gasteiger partial charge on any atom is -0.390 e. The molecule has 0 aliphatic heterocycles. The van der Waals surface area contributed by atoms with Gasteiger partial charge in [0.05, 0.1) is 25.9 Å². The smallest absolute Gasteiger partial charge is 0.150 e. The summed E-state index contributed by atoms with van der Waals surface area (Å²) in [5, 5.41) is 9.67. The van der Waals surface area contributed by atoms with Gasteiger partial charge in [-0.2, -0.15) is 0 Å². The Morgan fingerprint density at radius 3 is 2.67 bits per heavy atom. The molecule has 0 fully saturated rings. The van der Waals surface area contributed by atoms with Crippen molar-refractivity contribution in [3.63, 3.8) is 0 Å². The zero-order valence-corrected chi connectivity index (χ0v) is 11.2. The summed E-state index contributed by atoms with van der Waals surface area (Å²) < 4.78 is 10.1. The lowest BCUT2D eigenvalue weighted by Gasteiger charge is -2.10. The Labute approximate surface area is 111 Å². The van der Waals surface area contributed by atoms with Gasteiger partial charge in [-0.1, -0.05) is 12.1 Å². The maximum Gasteiger partial charge on any atom is 0.150 e. The zero-order valence-electron chi connectivity index (χ0n) is 10.4. The van der Waals surface area contributed by atoms with Crippen molar-refractivity contribution in [3.8, 4) is 0 Å². The Kier molecular flexibility index (Phi) is 7.68. The summed E-state index contributed by atoms with van der Waals surface area (Å²) in [6, 6.07) is 7.26. The standard InChI is InChI=1S/C13H18O4S/c1-16-6-7-17-9-12(15)10-18-13-4-2-11(8-14)3-5-13/h2-5,8,12,15H,6-7,9-10H2,1H3. The van der Waals surface area contributed by atoms with Gasteiger partial charge in [0.1, 0.15) is 6.29 Å². The normalized spacial score (nSPS) is 12.3. The van der Waals surface area contributed by atoms with Gasteiger partial charge in [0.25, 0.3) is 0 Å². The summed E-state index contributed by atoms with van der Waals surface area (Å²) in [5.74, 6) is 0.563. The minimum atomic E-state index is -0.502. The fraction of sp³-hybridized carbons (Fsp3) is 0.462. The largest absolute Gasteiger partial charge is 0.390 e. The van der Waals surface area contributed by atoms with Crippen molar-refractivity contribution in [3.05, 3.63) is 29.8 Å².